The normalized spacial score (nSPS) is 19.1. The van der Waals surface area contributed by atoms with Gasteiger partial charge in [-0.05, 0) is 30.3 Å². The number of esters is 1. The van der Waals surface area contributed by atoms with Crippen molar-refractivity contribution in [3.8, 4) is 17.2 Å². The minimum Gasteiger partial charge on any atom is -0.456 e. The molecule has 0 radical (unpaired) electrons. The van der Waals surface area contributed by atoms with Crippen LogP contribution < -0.4 is 15.1 Å². The SMILES string of the molecule is O=C1Oc2ccccc2C(=O)C1C1c2ccccc2Oc2c1c(=O)oc1ccccc21. The third kappa shape index (κ3) is 2.48. The van der Waals surface area contributed by atoms with Crippen LogP contribution in [0.15, 0.2) is 82.0 Å². The van der Waals surface area contributed by atoms with E-state index in [0.29, 0.717) is 33.6 Å². The smallest absolute Gasteiger partial charge is 0.343 e. The molecule has 2 aliphatic heterocycles. The van der Waals surface area contributed by atoms with Gasteiger partial charge in [0.2, 0.25) is 0 Å². The predicted molar refractivity (Wildman–Crippen MR) is 111 cm³/mol. The Hall–Kier alpha value is -4.19. The van der Waals surface area contributed by atoms with Crippen molar-refractivity contribution in [3.05, 3.63) is 99.9 Å². The molecule has 2 unspecified atom stereocenters. The number of hydrogen-bond acceptors (Lipinski definition) is 6. The molecule has 150 valence electrons. The average Bonchev–Trinajstić information content (AvgIpc) is 2.78. The van der Waals surface area contributed by atoms with Crippen molar-refractivity contribution in [1.29, 1.82) is 0 Å². The number of ketones is 1. The first kappa shape index (κ1) is 17.7. The molecule has 3 aromatic carbocycles. The second kappa shape index (κ2) is 6.40. The van der Waals surface area contributed by atoms with Crippen LogP contribution in [-0.4, -0.2) is 11.8 Å². The quantitative estimate of drug-likeness (QED) is 0.200. The molecule has 0 N–H and O–H groups in total. The third-order valence-corrected chi connectivity index (χ3v) is 5.81. The molecule has 3 heterocycles. The molecule has 1 aromatic heterocycles. The molecular weight excluding hydrogens is 396 g/mol. The Bertz CT molecular complexity index is 1460. The van der Waals surface area contributed by atoms with E-state index in [1.807, 2.05) is 0 Å². The largest absolute Gasteiger partial charge is 0.456 e. The van der Waals surface area contributed by atoms with E-state index >= 15 is 0 Å². The Labute approximate surface area is 175 Å². The van der Waals surface area contributed by atoms with Crippen LogP contribution in [0.5, 0.6) is 17.2 Å². The Kier molecular flexibility index (Phi) is 3.65. The van der Waals surface area contributed by atoms with Gasteiger partial charge >= 0.3 is 11.6 Å². The van der Waals surface area contributed by atoms with Crippen LogP contribution in [0.25, 0.3) is 11.0 Å². The highest BCUT2D eigenvalue weighted by atomic mass is 16.5. The molecule has 0 amide bonds. The average molecular weight is 410 g/mol. The second-order valence-electron chi connectivity index (χ2n) is 7.51. The summed E-state index contributed by atoms with van der Waals surface area (Å²) in [7, 11) is 0. The topological polar surface area (TPSA) is 82.8 Å². The predicted octanol–water partition coefficient (Wildman–Crippen LogP) is 4.45. The molecular formula is C25H14O6. The van der Waals surface area contributed by atoms with Crippen molar-refractivity contribution in [2.24, 2.45) is 5.92 Å². The van der Waals surface area contributed by atoms with Crippen LogP contribution in [0.1, 0.15) is 27.4 Å². The van der Waals surface area contributed by atoms with E-state index in [2.05, 4.69) is 0 Å². The Morgan fingerprint density at radius 1 is 0.677 bits per heavy atom. The zero-order valence-electron chi connectivity index (χ0n) is 16.0. The Morgan fingerprint density at radius 2 is 1.39 bits per heavy atom. The van der Waals surface area contributed by atoms with Crippen LogP contribution in [0.4, 0.5) is 0 Å². The van der Waals surface area contributed by atoms with Crippen molar-refractivity contribution in [3.63, 3.8) is 0 Å². The summed E-state index contributed by atoms with van der Waals surface area (Å²) in [6.07, 6.45) is 0. The van der Waals surface area contributed by atoms with E-state index in [1.54, 1.807) is 72.8 Å². The van der Waals surface area contributed by atoms with Crippen molar-refractivity contribution in [1.82, 2.24) is 0 Å². The molecule has 0 saturated heterocycles. The molecule has 6 rings (SSSR count). The van der Waals surface area contributed by atoms with Crippen molar-refractivity contribution in [2.75, 3.05) is 0 Å². The van der Waals surface area contributed by atoms with E-state index in [1.165, 1.54) is 0 Å². The van der Waals surface area contributed by atoms with E-state index in [9.17, 15) is 14.4 Å². The minimum absolute atomic E-state index is 0.145. The van der Waals surface area contributed by atoms with Crippen LogP contribution in [0.2, 0.25) is 0 Å². The molecule has 6 nitrogen and oxygen atoms in total. The number of para-hydroxylation sites is 3. The van der Waals surface area contributed by atoms with Crippen LogP contribution in [0.3, 0.4) is 0 Å². The highest BCUT2D eigenvalue weighted by Crippen LogP contribution is 2.50. The van der Waals surface area contributed by atoms with E-state index < -0.39 is 29.2 Å². The number of fused-ring (bicyclic) bond motifs is 5. The van der Waals surface area contributed by atoms with Gasteiger partial charge in [0, 0.05) is 11.5 Å². The molecule has 0 bridgehead atoms. The van der Waals surface area contributed by atoms with E-state index in [4.69, 9.17) is 13.9 Å². The first-order valence-electron chi connectivity index (χ1n) is 9.81. The first-order chi connectivity index (χ1) is 15.1. The van der Waals surface area contributed by atoms with Gasteiger partial charge in [0.05, 0.1) is 16.5 Å². The highest BCUT2D eigenvalue weighted by molar-refractivity contribution is 6.14. The molecule has 4 aromatic rings. The number of carbonyl (C=O) groups excluding carboxylic acids is 2. The summed E-state index contributed by atoms with van der Waals surface area (Å²) >= 11 is 0. The standard InChI is InChI=1S/C25H14O6/c26-22-14-8-2-5-11-17(14)30-24(27)20(22)19-13-7-1-4-10-16(13)29-23-15-9-3-6-12-18(15)31-25(28)21(19)23/h1-12,19-20H. The van der Waals surface area contributed by atoms with Gasteiger partial charge in [0.25, 0.3) is 0 Å². The molecule has 6 heteroatoms. The molecule has 2 aliphatic rings. The number of carbonyl (C=O) groups is 2. The van der Waals surface area contributed by atoms with E-state index in [0.717, 1.165) is 0 Å². The number of ether oxygens (including phenoxy) is 2. The lowest BCUT2D eigenvalue weighted by molar-refractivity contribution is -0.138. The van der Waals surface area contributed by atoms with Crippen molar-refractivity contribution < 1.29 is 23.5 Å². The maximum absolute atomic E-state index is 13.4. The van der Waals surface area contributed by atoms with Gasteiger partial charge in [0.1, 0.15) is 28.7 Å². The van der Waals surface area contributed by atoms with Gasteiger partial charge in [0.15, 0.2) is 5.78 Å². The highest BCUT2D eigenvalue weighted by Gasteiger charge is 2.48. The number of benzene rings is 3. The second-order valence-corrected chi connectivity index (χ2v) is 7.51. The Balaban J connectivity index is 1.65. The molecule has 0 fully saturated rings. The van der Waals surface area contributed by atoms with Gasteiger partial charge in [-0.2, -0.15) is 0 Å². The summed E-state index contributed by atoms with van der Waals surface area (Å²) in [5.74, 6) is -2.22. The monoisotopic (exact) mass is 410 g/mol. The zero-order valence-corrected chi connectivity index (χ0v) is 16.0. The summed E-state index contributed by atoms with van der Waals surface area (Å²) in [6.45, 7) is 0. The molecule has 2 atom stereocenters. The zero-order chi connectivity index (χ0) is 21.1. The lowest BCUT2D eigenvalue weighted by Crippen LogP contribution is -2.40. The summed E-state index contributed by atoms with van der Waals surface area (Å²) in [6, 6.07) is 20.7. The third-order valence-electron chi connectivity index (χ3n) is 5.81. The van der Waals surface area contributed by atoms with E-state index in [-0.39, 0.29) is 11.3 Å². The fraction of sp³-hybridized carbons (Fsp3) is 0.0800. The van der Waals surface area contributed by atoms with Gasteiger partial charge in [-0.15, -0.1) is 0 Å². The van der Waals surface area contributed by atoms with Crippen LogP contribution in [0, 0.1) is 5.92 Å². The van der Waals surface area contributed by atoms with Crippen molar-refractivity contribution in [2.45, 2.75) is 5.92 Å². The summed E-state index contributed by atoms with van der Waals surface area (Å²) in [5.41, 5.74) is 0.738. The van der Waals surface area contributed by atoms with Gasteiger partial charge in [-0.25, -0.2) is 4.79 Å². The number of rotatable bonds is 1. The van der Waals surface area contributed by atoms with Gasteiger partial charge in [-0.3, -0.25) is 9.59 Å². The molecule has 31 heavy (non-hydrogen) atoms. The van der Waals surface area contributed by atoms with Crippen LogP contribution in [-0.2, 0) is 4.79 Å². The van der Waals surface area contributed by atoms with Crippen LogP contribution >= 0.6 is 0 Å². The fourth-order valence-electron chi connectivity index (χ4n) is 4.45. The first-order valence-corrected chi connectivity index (χ1v) is 9.81. The molecule has 0 aliphatic carbocycles. The fourth-order valence-corrected chi connectivity index (χ4v) is 4.45. The number of Topliss-reactive ketones (excluding diaryl/α,β-unsaturated/α-hetero) is 1. The maximum atomic E-state index is 13.4. The number of hydrogen-bond donors (Lipinski definition) is 0. The van der Waals surface area contributed by atoms with Crippen molar-refractivity contribution >= 4 is 22.7 Å². The lowest BCUT2D eigenvalue weighted by atomic mass is 9.74. The Morgan fingerprint density at radius 3 is 2.26 bits per heavy atom. The maximum Gasteiger partial charge on any atom is 0.343 e. The summed E-state index contributed by atoms with van der Waals surface area (Å²) in [5, 5.41) is 0.591. The van der Waals surface area contributed by atoms with Gasteiger partial charge < -0.3 is 13.9 Å². The van der Waals surface area contributed by atoms with Gasteiger partial charge in [-0.1, -0.05) is 42.5 Å². The lowest BCUT2D eigenvalue weighted by Gasteiger charge is -2.33. The summed E-state index contributed by atoms with van der Waals surface area (Å²) < 4.78 is 17.1. The molecule has 0 spiro atoms. The minimum atomic E-state index is -1.23. The molecule has 0 saturated carbocycles. The summed E-state index contributed by atoms with van der Waals surface area (Å²) in [4.78, 5) is 39.6.